The van der Waals surface area contributed by atoms with Gasteiger partial charge >= 0.3 is 0 Å². The molecular weight excluding hydrogens is 304 g/mol. The van der Waals surface area contributed by atoms with E-state index in [1.165, 1.54) is 27.6 Å². The molecule has 0 atom stereocenters. The Morgan fingerprint density at radius 3 is 2.04 bits per heavy atom. The van der Waals surface area contributed by atoms with Crippen LogP contribution >= 0.6 is 0 Å². The first kappa shape index (κ1) is 13.1. The smallest absolute Gasteiger partial charge is 0.194 e. The van der Waals surface area contributed by atoms with Crippen molar-refractivity contribution in [2.75, 3.05) is 0 Å². The van der Waals surface area contributed by atoms with Gasteiger partial charge in [-0.25, -0.2) is 0 Å². The van der Waals surface area contributed by atoms with Gasteiger partial charge in [-0.3, -0.25) is 4.79 Å². The van der Waals surface area contributed by atoms with Crippen LogP contribution in [0.4, 0.5) is 0 Å². The molecular formula is C24H14O. The predicted octanol–water partition coefficient (Wildman–Crippen LogP) is 5.62. The van der Waals surface area contributed by atoms with Crippen molar-refractivity contribution in [3.63, 3.8) is 0 Å². The van der Waals surface area contributed by atoms with Crippen LogP contribution < -0.4 is 0 Å². The second kappa shape index (κ2) is 4.46. The van der Waals surface area contributed by atoms with Gasteiger partial charge in [-0.2, -0.15) is 0 Å². The van der Waals surface area contributed by atoms with Crippen LogP contribution in [-0.4, -0.2) is 5.78 Å². The third-order valence-electron chi connectivity index (χ3n) is 5.65. The number of rotatable bonds is 0. The molecule has 4 aromatic rings. The molecule has 0 unspecified atom stereocenters. The molecule has 0 radical (unpaired) electrons. The fourth-order valence-corrected chi connectivity index (χ4v) is 4.64. The van der Waals surface area contributed by atoms with Crippen molar-refractivity contribution in [2.45, 2.75) is 6.42 Å². The minimum atomic E-state index is 0.161. The van der Waals surface area contributed by atoms with Gasteiger partial charge in [0.1, 0.15) is 0 Å². The number of carbonyl (C=O) groups excluding carboxylic acids is 1. The second-order valence-electron chi connectivity index (χ2n) is 6.86. The summed E-state index contributed by atoms with van der Waals surface area (Å²) in [5, 5.41) is 2.30. The fraction of sp³-hybridized carbons (Fsp3) is 0.0417. The lowest BCUT2D eigenvalue weighted by atomic mass is 9.88. The zero-order valence-electron chi connectivity index (χ0n) is 13.5. The number of carbonyl (C=O) groups is 1. The molecule has 0 N–H and O–H groups in total. The number of hydrogen-bond acceptors (Lipinski definition) is 1. The number of benzene rings is 4. The molecule has 25 heavy (non-hydrogen) atoms. The highest BCUT2D eigenvalue weighted by Gasteiger charge is 2.35. The number of hydrogen-bond donors (Lipinski definition) is 0. The molecule has 0 aliphatic heterocycles. The van der Waals surface area contributed by atoms with Crippen molar-refractivity contribution in [1.82, 2.24) is 0 Å². The Hall–Kier alpha value is -3.19. The number of ketones is 1. The maximum Gasteiger partial charge on any atom is 0.194 e. The van der Waals surface area contributed by atoms with Crippen LogP contribution in [0, 0.1) is 0 Å². The van der Waals surface area contributed by atoms with E-state index in [1.807, 2.05) is 24.3 Å². The molecule has 116 valence electrons. The summed E-state index contributed by atoms with van der Waals surface area (Å²) >= 11 is 0. The highest BCUT2D eigenvalue weighted by Crippen LogP contribution is 2.52. The molecule has 6 rings (SSSR count). The van der Waals surface area contributed by atoms with E-state index in [1.54, 1.807) is 0 Å². The van der Waals surface area contributed by atoms with E-state index in [0.29, 0.717) is 0 Å². The van der Waals surface area contributed by atoms with E-state index >= 15 is 0 Å². The van der Waals surface area contributed by atoms with E-state index in [2.05, 4.69) is 48.5 Å². The molecule has 1 heteroatoms. The topological polar surface area (TPSA) is 17.1 Å². The summed E-state index contributed by atoms with van der Waals surface area (Å²) < 4.78 is 0. The molecule has 4 aromatic carbocycles. The van der Waals surface area contributed by atoms with Gasteiger partial charge in [0.05, 0.1) is 0 Å². The van der Waals surface area contributed by atoms with Crippen LogP contribution in [0.3, 0.4) is 0 Å². The minimum absolute atomic E-state index is 0.161. The average molecular weight is 318 g/mol. The van der Waals surface area contributed by atoms with Gasteiger partial charge in [0, 0.05) is 16.7 Å². The first-order chi connectivity index (χ1) is 12.3. The normalized spacial score (nSPS) is 13.5. The quantitative estimate of drug-likeness (QED) is 0.355. The van der Waals surface area contributed by atoms with E-state index in [9.17, 15) is 4.79 Å². The Morgan fingerprint density at radius 1 is 0.560 bits per heavy atom. The molecule has 0 saturated heterocycles. The van der Waals surface area contributed by atoms with Gasteiger partial charge in [0.15, 0.2) is 5.78 Å². The SMILES string of the molecule is O=C1c2ccccc2-c2c3c(c4ccccc4c21)Cc1ccccc1-3. The maximum absolute atomic E-state index is 13.2. The summed E-state index contributed by atoms with van der Waals surface area (Å²) in [7, 11) is 0. The largest absolute Gasteiger partial charge is 0.289 e. The van der Waals surface area contributed by atoms with Crippen molar-refractivity contribution in [3.8, 4) is 22.3 Å². The summed E-state index contributed by atoms with van der Waals surface area (Å²) in [6, 6.07) is 25.0. The Bertz CT molecular complexity index is 1230. The van der Waals surface area contributed by atoms with Crippen LogP contribution in [0.5, 0.6) is 0 Å². The summed E-state index contributed by atoms with van der Waals surface area (Å²) in [5.41, 5.74) is 9.20. The van der Waals surface area contributed by atoms with Gasteiger partial charge in [-0.05, 0) is 45.0 Å². The highest BCUT2D eigenvalue weighted by molar-refractivity contribution is 6.30. The lowest BCUT2D eigenvalue weighted by molar-refractivity contribution is 0.104. The second-order valence-corrected chi connectivity index (χ2v) is 6.86. The first-order valence-corrected chi connectivity index (χ1v) is 8.64. The van der Waals surface area contributed by atoms with Crippen LogP contribution in [0.1, 0.15) is 27.0 Å². The number of fused-ring (bicyclic) bond motifs is 10. The zero-order chi connectivity index (χ0) is 16.5. The van der Waals surface area contributed by atoms with Crippen LogP contribution in [0.2, 0.25) is 0 Å². The van der Waals surface area contributed by atoms with Crippen molar-refractivity contribution in [3.05, 3.63) is 95.1 Å². The Kier molecular flexibility index (Phi) is 2.34. The summed E-state index contributed by atoms with van der Waals surface area (Å²) in [6.07, 6.45) is 0.940. The molecule has 0 spiro atoms. The molecule has 0 saturated carbocycles. The zero-order valence-corrected chi connectivity index (χ0v) is 13.5. The van der Waals surface area contributed by atoms with Gasteiger partial charge in [0.25, 0.3) is 0 Å². The third-order valence-corrected chi connectivity index (χ3v) is 5.65. The molecule has 0 bridgehead atoms. The van der Waals surface area contributed by atoms with E-state index in [-0.39, 0.29) is 5.78 Å². The summed E-state index contributed by atoms with van der Waals surface area (Å²) in [4.78, 5) is 13.2. The average Bonchev–Trinajstić information content (AvgIpc) is 3.19. The standard InChI is InChI=1S/C24H14O/c25-24-19-12-6-5-11-18(19)22-21-15-8-2-1-7-14(15)13-20(21)16-9-3-4-10-17(16)23(22)24/h1-12H,13H2. The molecule has 0 amide bonds. The summed E-state index contributed by atoms with van der Waals surface area (Å²) in [5.74, 6) is 0.161. The monoisotopic (exact) mass is 318 g/mol. The van der Waals surface area contributed by atoms with Gasteiger partial charge in [-0.1, -0.05) is 72.8 Å². The van der Waals surface area contributed by atoms with Crippen LogP contribution in [-0.2, 0) is 6.42 Å². The molecule has 1 nitrogen and oxygen atoms in total. The van der Waals surface area contributed by atoms with Crippen molar-refractivity contribution >= 4 is 16.6 Å². The van der Waals surface area contributed by atoms with E-state index in [0.717, 1.165) is 34.1 Å². The molecule has 2 aliphatic carbocycles. The lowest BCUT2D eigenvalue weighted by Gasteiger charge is -2.13. The Labute approximate surface area is 145 Å². The molecule has 0 aromatic heterocycles. The maximum atomic E-state index is 13.2. The molecule has 0 heterocycles. The Balaban J connectivity index is 1.89. The summed E-state index contributed by atoms with van der Waals surface area (Å²) in [6.45, 7) is 0. The van der Waals surface area contributed by atoms with Gasteiger partial charge in [-0.15, -0.1) is 0 Å². The van der Waals surface area contributed by atoms with Crippen molar-refractivity contribution < 1.29 is 4.79 Å². The minimum Gasteiger partial charge on any atom is -0.289 e. The molecule has 0 fully saturated rings. The lowest BCUT2D eigenvalue weighted by Crippen LogP contribution is -1.98. The highest BCUT2D eigenvalue weighted by atomic mass is 16.1. The van der Waals surface area contributed by atoms with Gasteiger partial charge < -0.3 is 0 Å². The third kappa shape index (κ3) is 1.51. The van der Waals surface area contributed by atoms with Crippen molar-refractivity contribution in [1.29, 1.82) is 0 Å². The van der Waals surface area contributed by atoms with E-state index in [4.69, 9.17) is 0 Å². The Morgan fingerprint density at radius 2 is 1.20 bits per heavy atom. The first-order valence-electron chi connectivity index (χ1n) is 8.64. The van der Waals surface area contributed by atoms with E-state index < -0.39 is 0 Å². The van der Waals surface area contributed by atoms with Crippen LogP contribution in [0.25, 0.3) is 33.0 Å². The van der Waals surface area contributed by atoms with Gasteiger partial charge in [0.2, 0.25) is 0 Å². The van der Waals surface area contributed by atoms with Crippen LogP contribution in [0.15, 0.2) is 72.8 Å². The fourth-order valence-electron chi connectivity index (χ4n) is 4.64. The predicted molar refractivity (Wildman–Crippen MR) is 101 cm³/mol. The molecule has 2 aliphatic rings. The van der Waals surface area contributed by atoms with Crippen molar-refractivity contribution in [2.24, 2.45) is 0 Å².